The zero-order valence-corrected chi connectivity index (χ0v) is 33.3. The summed E-state index contributed by atoms with van der Waals surface area (Å²) in [5.74, 6) is 9.13. The van der Waals surface area contributed by atoms with Crippen LogP contribution in [0.25, 0.3) is 0 Å². The maximum absolute atomic E-state index is 7.43. The average molecular weight is 745 g/mol. The van der Waals surface area contributed by atoms with Gasteiger partial charge in [0.15, 0.2) is 0 Å². The second-order valence-electron chi connectivity index (χ2n) is 22.3. The molecule has 13 aliphatic rings. The zero-order chi connectivity index (χ0) is 35.1. The Kier molecular flexibility index (Phi) is 8.75. The first-order valence-electron chi connectivity index (χ1n) is 24.6. The summed E-state index contributed by atoms with van der Waals surface area (Å²) in [5.41, 5.74) is 0. The maximum Gasteiger partial charge on any atom is 0.0872 e. The van der Waals surface area contributed by atoms with Crippen molar-refractivity contribution in [3.05, 3.63) is 0 Å². The molecule has 54 heavy (non-hydrogen) atoms. The SMILES string of the molecule is C1CCC2C(C1)CCC1OC3CC4C(CC3OC12)C1CC2OC3CCC5CCCCC5C3OC2CC1C1CC2OC3CCC5CCCCC5C3OC2CC41. The van der Waals surface area contributed by atoms with Gasteiger partial charge in [-0.05, 0) is 167 Å². The highest BCUT2D eigenvalue weighted by atomic mass is 16.6. The lowest BCUT2D eigenvalue weighted by atomic mass is 9.46. The number of rotatable bonds is 0. The minimum Gasteiger partial charge on any atom is -0.370 e. The van der Waals surface area contributed by atoms with Gasteiger partial charge >= 0.3 is 0 Å². The Bertz CT molecular complexity index is 1210. The van der Waals surface area contributed by atoms with Crippen molar-refractivity contribution in [3.8, 4) is 0 Å². The van der Waals surface area contributed by atoms with E-state index in [1.807, 2.05) is 0 Å². The molecule has 0 radical (unpaired) electrons. The molecule has 6 heteroatoms. The Hall–Kier alpha value is -0.240. The van der Waals surface area contributed by atoms with Crippen LogP contribution in [0.15, 0.2) is 0 Å². The predicted molar refractivity (Wildman–Crippen MR) is 205 cm³/mol. The van der Waals surface area contributed by atoms with Gasteiger partial charge in [0.05, 0.1) is 73.2 Å². The third kappa shape index (κ3) is 5.50. The third-order valence-corrected chi connectivity index (χ3v) is 20.3. The van der Waals surface area contributed by atoms with E-state index in [0.29, 0.717) is 72.1 Å². The van der Waals surface area contributed by atoms with Gasteiger partial charge in [-0.3, -0.25) is 0 Å². The van der Waals surface area contributed by atoms with Crippen molar-refractivity contribution in [2.45, 2.75) is 227 Å². The Morgan fingerprint density at radius 3 is 0.759 bits per heavy atom. The van der Waals surface area contributed by atoms with Crippen LogP contribution in [0.2, 0.25) is 0 Å². The van der Waals surface area contributed by atoms with Crippen LogP contribution in [-0.2, 0) is 28.4 Å². The topological polar surface area (TPSA) is 55.4 Å². The smallest absolute Gasteiger partial charge is 0.0872 e. The van der Waals surface area contributed by atoms with Crippen LogP contribution >= 0.6 is 0 Å². The van der Waals surface area contributed by atoms with Gasteiger partial charge in [0.1, 0.15) is 0 Å². The number of hydrogen-bond acceptors (Lipinski definition) is 6. The van der Waals surface area contributed by atoms with Crippen molar-refractivity contribution in [1.82, 2.24) is 0 Å². The van der Waals surface area contributed by atoms with Gasteiger partial charge in [-0.15, -0.1) is 0 Å². The van der Waals surface area contributed by atoms with E-state index in [1.54, 1.807) is 0 Å². The monoisotopic (exact) mass is 745 g/mol. The molecule has 10 aliphatic carbocycles. The second kappa shape index (κ2) is 13.7. The van der Waals surface area contributed by atoms with Crippen molar-refractivity contribution in [2.24, 2.45) is 71.0 Å². The van der Waals surface area contributed by atoms with Crippen LogP contribution in [0.3, 0.4) is 0 Å². The van der Waals surface area contributed by atoms with Gasteiger partial charge < -0.3 is 28.4 Å². The summed E-state index contributed by atoms with van der Waals surface area (Å²) in [6.07, 6.45) is 35.7. The fourth-order valence-corrected chi connectivity index (χ4v) is 18.2. The van der Waals surface area contributed by atoms with Crippen LogP contribution in [0.1, 0.15) is 154 Å². The van der Waals surface area contributed by atoms with Crippen LogP contribution in [-0.4, -0.2) is 73.2 Å². The average Bonchev–Trinajstić information content (AvgIpc) is 3.22. The van der Waals surface area contributed by atoms with Gasteiger partial charge in [0, 0.05) is 0 Å². The largest absolute Gasteiger partial charge is 0.370 e. The first-order chi connectivity index (χ1) is 26.7. The Balaban J connectivity index is 0.800. The lowest BCUT2D eigenvalue weighted by molar-refractivity contribution is -0.311. The second-order valence-corrected chi connectivity index (χ2v) is 22.3. The lowest BCUT2D eigenvalue weighted by Gasteiger charge is -2.65. The fraction of sp³-hybridized carbons (Fsp3) is 1.00. The molecule has 0 N–H and O–H groups in total. The first kappa shape index (κ1) is 34.6. The molecule has 0 aromatic heterocycles. The number of hydrogen-bond donors (Lipinski definition) is 0. The summed E-state index contributed by atoms with van der Waals surface area (Å²) < 4.78 is 44.2. The van der Waals surface area contributed by atoms with Crippen molar-refractivity contribution >= 4 is 0 Å². The normalized spacial score (nSPS) is 61.3. The van der Waals surface area contributed by atoms with E-state index in [2.05, 4.69) is 0 Å². The minimum absolute atomic E-state index is 0.286. The van der Waals surface area contributed by atoms with Gasteiger partial charge in [-0.1, -0.05) is 57.8 Å². The highest BCUT2D eigenvalue weighted by molar-refractivity contribution is 5.11. The van der Waals surface area contributed by atoms with Crippen LogP contribution < -0.4 is 0 Å². The molecule has 300 valence electrons. The van der Waals surface area contributed by atoms with E-state index >= 15 is 0 Å². The van der Waals surface area contributed by atoms with Crippen molar-refractivity contribution in [3.63, 3.8) is 0 Å². The van der Waals surface area contributed by atoms with Gasteiger partial charge in [0.2, 0.25) is 0 Å². The zero-order valence-electron chi connectivity index (χ0n) is 33.3. The molecule has 18 unspecified atom stereocenters. The van der Waals surface area contributed by atoms with Crippen LogP contribution in [0.5, 0.6) is 0 Å². The summed E-state index contributed by atoms with van der Waals surface area (Å²) in [7, 11) is 0. The summed E-state index contributed by atoms with van der Waals surface area (Å²) in [6.45, 7) is 0. The Labute approximate surface area is 325 Å². The molecule has 10 saturated carbocycles. The molecule has 0 aromatic carbocycles. The predicted octanol–water partition coefficient (Wildman–Crippen LogP) is 9.44. The molecular weight excluding hydrogens is 673 g/mol. The minimum atomic E-state index is 0.286. The van der Waals surface area contributed by atoms with E-state index in [1.165, 1.54) is 154 Å². The van der Waals surface area contributed by atoms with E-state index in [9.17, 15) is 0 Å². The summed E-state index contributed by atoms with van der Waals surface area (Å²) in [5, 5.41) is 0. The summed E-state index contributed by atoms with van der Waals surface area (Å²) >= 11 is 0. The number of fused-ring (bicyclic) bond motifs is 18. The number of ether oxygens (including phenoxy) is 6. The Morgan fingerprint density at radius 2 is 0.463 bits per heavy atom. The molecular formula is C48H72O6. The quantitative estimate of drug-likeness (QED) is 0.247. The Morgan fingerprint density at radius 1 is 0.204 bits per heavy atom. The molecule has 3 aliphatic heterocycles. The molecule has 13 rings (SSSR count). The summed E-state index contributed by atoms with van der Waals surface area (Å²) in [6, 6.07) is 0. The van der Waals surface area contributed by atoms with Crippen LogP contribution in [0.4, 0.5) is 0 Å². The highest BCUT2D eigenvalue weighted by Crippen LogP contribution is 2.64. The molecule has 0 bridgehead atoms. The van der Waals surface area contributed by atoms with Crippen molar-refractivity contribution < 1.29 is 28.4 Å². The molecule has 3 saturated heterocycles. The van der Waals surface area contributed by atoms with E-state index in [-0.39, 0.29) is 36.6 Å². The molecule has 13 fully saturated rings. The van der Waals surface area contributed by atoms with Crippen molar-refractivity contribution in [2.75, 3.05) is 0 Å². The van der Waals surface area contributed by atoms with Crippen LogP contribution in [0, 0.1) is 71.0 Å². The van der Waals surface area contributed by atoms with Crippen molar-refractivity contribution in [1.29, 1.82) is 0 Å². The molecule has 0 aromatic rings. The van der Waals surface area contributed by atoms with E-state index in [4.69, 9.17) is 28.4 Å². The maximum atomic E-state index is 7.43. The van der Waals surface area contributed by atoms with Gasteiger partial charge in [-0.25, -0.2) is 0 Å². The highest BCUT2D eigenvalue weighted by Gasteiger charge is 2.63. The van der Waals surface area contributed by atoms with Gasteiger partial charge in [0.25, 0.3) is 0 Å². The fourth-order valence-electron chi connectivity index (χ4n) is 18.2. The lowest BCUT2D eigenvalue weighted by Crippen LogP contribution is -2.66. The van der Waals surface area contributed by atoms with E-state index in [0.717, 1.165) is 35.5 Å². The molecule has 0 amide bonds. The molecule has 0 spiro atoms. The third-order valence-electron chi connectivity index (χ3n) is 20.3. The molecule has 3 heterocycles. The summed E-state index contributed by atoms with van der Waals surface area (Å²) in [4.78, 5) is 0. The van der Waals surface area contributed by atoms with Gasteiger partial charge in [-0.2, -0.15) is 0 Å². The first-order valence-corrected chi connectivity index (χ1v) is 24.6. The molecule has 18 atom stereocenters. The standard InChI is InChI=1S/C48H72O6/c1-4-10-28-25(7-1)13-16-37-46(28)52-43-22-34-31(19-40(43)49-37)35-23-44-42(51-39-18-15-27-9-3-6-12-30(27)48(39)53-44)21-33(35)36-24-45-41(20-32(34)36)50-38-17-14-26-8-2-5-11-29(26)47(38)54-45/h25-48H,1-24H2. The van der Waals surface area contributed by atoms with E-state index < -0.39 is 0 Å². The molecule has 6 nitrogen and oxygen atoms in total.